The second-order valence-corrected chi connectivity index (χ2v) is 6.23. The molecule has 0 radical (unpaired) electrons. The summed E-state index contributed by atoms with van der Waals surface area (Å²) in [6.07, 6.45) is 1.68. The molecule has 0 amide bonds. The number of anilines is 1. The lowest BCUT2D eigenvalue weighted by atomic mass is 10.1. The number of rotatable bonds is 4. The average Bonchev–Trinajstić information content (AvgIpc) is 2.87. The number of benzene rings is 1. The molecule has 6 heteroatoms. The van der Waals surface area contributed by atoms with Gasteiger partial charge in [0.1, 0.15) is 11.4 Å². The van der Waals surface area contributed by atoms with E-state index in [1.807, 2.05) is 44.2 Å². The Bertz CT molecular complexity index is 862. The molecule has 0 spiro atoms. The number of aryl methyl sites for hydroxylation is 2. The van der Waals surface area contributed by atoms with Crippen LogP contribution in [0.4, 0.5) is 5.69 Å². The molecule has 118 valence electrons. The highest BCUT2D eigenvalue weighted by molar-refractivity contribution is 9.10. The number of H-pyrrole nitrogens is 1. The summed E-state index contributed by atoms with van der Waals surface area (Å²) in [5.74, 6) is 0.730. The Morgan fingerprint density at radius 1 is 1.26 bits per heavy atom. The number of hydrogen-bond acceptors (Lipinski definition) is 4. The van der Waals surface area contributed by atoms with Gasteiger partial charge in [-0.2, -0.15) is 0 Å². The predicted octanol–water partition coefficient (Wildman–Crippen LogP) is 4.02. The van der Waals surface area contributed by atoms with Gasteiger partial charge in [0, 0.05) is 28.3 Å². The van der Waals surface area contributed by atoms with Crippen LogP contribution in [0.15, 0.2) is 50.3 Å². The van der Waals surface area contributed by atoms with Crippen LogP contribution in [0.2, 0.25) is 0 Å². The maximum absolute atomic E-state index is 12.0. The van der Waals surface area contributed by atoms with Crippen LogP contribution in [0, 0.1) is 13.8 Å². The lowest BCUT2D eigenvalue weighted by molar-refractivity contribution is 0.393. The molecular formula is C17H16BrN3O2. The molecule has 5 nitrogen and oxygen atoms in total. The molecule has 0 aliphatic heterocycles. The number of hydrogen-bond donors (Lipinski definition) is 2. The molecule has 2 heterocycles. The summed E-state index contributed by atoms with van der Waals surface area (Å²) in [7, 11) is 0. The molecule has 0 atom stereocenters. The molecule has 2 N–H and O–H groups in total. The third kappa shape index (κ3) is 3.37. The first-order valence-electron chi connectivity index (χ1n) is 7.19. The zero-order chi connectivity index (χ0) is 16.4. The lowest BCUT2D eigenvalue weighted by Gasteiger charge is -2.08. The van der Waals surface area contributed by atoms with Gasteiger partial charge in [0.2, 0.25) is 0 Å². The maximum atomic E-state index is 12.0. The van der Waals surface area contributed by atoms with Gasteiger partial charge in [-0.15, -0.1) is 0 Å². The van der Waals surface area contributed by atoms with E-state index in [9.17, 15) is 4.79 Å². The minimum Gasteiger partial charge on any atom is -0.376 e. The Kier molecular flexibility index (Phi) is 4.34. The summed E-state index contributed by atoms with van der Waals surface area (Å²) in [5.41, 5.74) is 4.04. The van der Waals surface area contributed by atoms with Gasteiger partial charge >= 0.3 is 0 Å². The van der Waals surface area contributed by atoms with Crippen LogP contribution in [-0.2, 0) is 6.54 Å². The van der Waals surface area contributed by atoms with Crippen molar-refractivity contribution in [2.75, 3.05) is 5.32 Å². The Morgan fingerprint density at radius 3 is 2.65 bits per heavy atom. The zero-order valence-electron chi connectivity index (χ0n) is 12.8. The summed E-state index contributed by atoms with van der Waals surface area (Å²) < 4.78 is 6.22. The van der Waals surface area contributed by atoms with E-state index >= 15 is 0 Å². The van der Waals surface area contributed by atoms with Crippen molar-refractivity contribution in [1.29, 1.82) is 0 Å². The van der Waals surface area contributed by atoms with E-state index < -0.39 is 0 Å². The van der Waals surface area contributed by atoms with Gasteiger partial charge in [0.05, 0.1) is 5.69 Å². The second-order valence-electron chi connectivity index (χ2n) is 5.31. The number of halogens is 1. The molecule has 0 saturated heterocycles. The summed E-state index contributed by atoms with van der Waals surface area (Å²) >= 11 is 3.41. The van der Waals surface area contributed by atoms with E-state index in [4.69, 9.17) is 4.52 Å². The van der Waals surface area contributed by atoms with Crippen LogP contribution < -0.4 is 10.9 Å². The summed E-state index contributed by atoms with van der Waals surface area (Å²) in [6, 6.07) is 9.78. The molecule has 1 aromatic carbocycles. The van der Waals surface area contributed by atoms with Crippen LogP contribution in [-0.4, -0.2) is 10.1 Å². The molecule has 0 saturated carbocycles. The number of aromatic amines is 1. The summed E-state index contributed by atoms with van der Waals surface area (Å²) in [5, 5.41) is 7.13. The zero-order valence-corrected chi connectivity index (χ0v) is 14.4. The molecule has 0 aliphatic carbocycles. The lowest BCUT2D eigenvalue weighted by Crippen LogP contribution is -2.13. The van der Waals surface area contributed by atoms with Crippen molar-refractivity contribution in [2.24, 2.45) is 0 Å². The molecule has 0 fully saturated rings. The van der Waals surface area contributed by atoms with Gasteiger partial charge < -0.3 is 14.8 Å². The largest absolute Gasteiger partial charge is 0.376 e. The van der Waals surface area contributed by atoms with Crippen molar-refractivity contribution < 1.29 is 4.52 Å². The molecule has 23 heavy (non-hydrogen) atoms. The first kappa shape index (κ1) is 15.6. The van der Waals surface area contributed by atoms with Gasteiger partial charge in [-0.05, 0) is 37.6 Å². The fourth-order valence-corrected chi connectivity index (χ4v) is 2.72. The monoisotopic (exact) mass is 373 g/mol. The van der Waals surface area contributed by atoms with E-state index in [2.05, 4.69) is 31.4 Å². The fraction of sp³-hybridized carbons (Fsp3) is 0.176. The Hall–Kier alpha value is -2.34. The highest BCUT2D eigenvalue weighted by Crippen LogP contribution is 2.27. The van der Waals surface area contributed by atoms with E-state index in [1.54, 1.807) is 6.20 Å². The fourth-order valence-electron chi connectivity index (χ4n) is 2.45. The standard InChI is InChI=1S/C17H16BrN3O2/c1-10-16(11(2)23-21-10)13-7-15(17(22)20-9-13)19-8-12-3-5-14(18)6-4-12/h3-7,9,19H,8H2,1-2H3,(H,20,22). The summed E-state index contributed by atoms with van der Waals surface area (Å²) in [4.78, 5) is 14.8. The van der Waals surface area contributed by atoms with Gasteiger partial charge in [0.25, 0.3) is 5.56 Å². The third-order valence-electron chi connectivity index (χ3n) is 3.62. The first-order chi connectivity index (χ1) is 11.0. The Labute approximate surface area is 141 Å². The van der Waals surface area contributed by atoms with Crippen molar-refractivity contribution in [3.8, 4) is 11.1 Å². The van der Waals surface area contributed by atoms with Crippen LogP contribution in [0.1, 0.15) is 17.0 Å². The molecule has 2 aromatic heterocycles. The molecule has 3 aromatic rings. The number of pyridine rings is 1. The van der Waals surface area contributed by atoms with Crippen molar-refractivity contribution in [3.05, 3.63) is 68.4 Å². The van der Waals surface area contributed by atoms with Crippen LogP contribution >= 0.6 is 15.9 Å². The average molecular weight is 374 g/mol. The molecule has 0 unspecified atom stereocenters. The Balaban J connectivity index is 1.86. The van der Waals surface area contributed by atoms with Crippen LogP contribution in [0.3, 0.4) is 0 Å². The predicted molar refractivity (Wildman–Crippen MR) is 93.5 cm³/mol. The molecule has 0 aliphatic rings. The van der Waals surface area contributed by atoms with Crippen LogP contribution in [0.25, 0.3) is 11.1 Å². The number of nitrogens with one attached hydrogen (secondary N) is 2. The van der Waals surface area contributed by atoms with Crippen molar-refractivity contribution in [3.63, 3.8) is 0 Å². The van der Waals surface area contributed by atoms with Gasteiger partial charge in [-0.25, -0.2) is 0 Å². The van der Waals surface area contributed by atoms with E-state index in [-0.39, 0.29) is 5.56 Å². The van der Waals surface area contributed by atoms with E-state index in [1.165, 1.54) is 0 Å². The second kappa shape index (κ2) is 6.42. The number of nitrogens with zero attached hydrogens (tertiary/aromatic N) is 1. The quantitative estimate of drug-likeness (QED) is 0.724. The SMILES string of the molecule is Cc1noc(C)c1-c1c[nH]c(=O)c(NCc2ccc(Br)cc2)c1. The minimum absolute atomic E-state index is 0.155. The highest BCUT2D eigenvalue weighted by Gasteiger charge is 2.13. The van der Waals surface area contributed by atoms with Gasteiger partial charge in [-0.3, -0.25) is 4.79 Å². The van der Waals surface area contributed by atoms with Gasteiger partial charge in [-0.1, -0.05) is 33.2 Å². The van der Waals surface area contributed by atoms with Crippen LogP contribution in [0.5, 0.6) is 0 Å². The highest BCUT2D eigenvalue weighted by atomic mass is 79.9. The Morgan fingerprint density at radius 2 is 2.00 bits per heavy atom. The van der Waals surface area contributed by atoms with E-state index in [0.717, 1.165) is 32.6 Å². The smallest absolute Gasteiger partial charge is 0.271 e. The minimum atomic E-state index is -0.155. The van der Waals surface area contributed by atoms with Crippen molar-refractivity contribution in [1.82, 2.24) is 10.1 Å². The summed E-state index contributed by atoms with van der Waals surface area (Å²) in [6.45, 7) is 4.31. The third-order valence-corrected chi connectivity index (χ3v) is 4.15. The molecule has 0 bridgehead atoms. The maximum Gasteiger partial charge on any atom is 0.271 e. The topological polar surface area (TPSA) is 70.9 Å². The molecule has 3 rings (SSSR count). The normalized spacial score (nSPS) is 10.7. The van der Waals surface area contributed by atoms with Crippen molar-refractivity contribution in [2.45, 2.75) is 20.4 Å². The number of aromatic nitrogens is 2. The van der Waals surface area contributed by atoms with E-state index in [0.29, 0.717) is 12.2 Å². The first-order valence-corrected chi connectivity index (χ1v) is 7.98. The van der Waals surface area contributed by atoms with Gasteiger partial charge in [0.15, 0.2) is 0 Å². The van der Waals surface area contributed by atoms with Crippen molar-refractivity contribution >= 4 is 21.6 Å². The molecular weight excluding hydrogens is 358 g/mol.